The van der Waals surface area contributed by atoms with Crippen LogP contribution in [0.4, 0.5) is 5.82 Å². The summed E-state index contributed by atoms with van der Waals surface area (Å²) in [6.07, 6.45) is 0. The number of pyridine rings is 1. The van der Waals surface area contributed by atoms with Gasteiger partial charge in [0.1, 0.15) is 17.3 Å². The number of amides is 1. The molecule has 33 heavy (non-hydrogen) atoms. The Kier molecular flexibility index (Phi) is 6.43. The Morgan fingerprint density at radius 2 is 1.58 bits per heavy atom. The molecule has 8 nitrogen and oxygen atoms in total. The van der Waals surface area contributed by atoms with E-state index in [0.29, 0.717) is 49.0 Å². The van der Waals surface area contributed by atoms with Crippen molar-refractivity contribution in [1.82, 2.24) is 9.29 Å². The summed E-state index contributed by atoms with van der Waals surface area (Å²) >= 11 is 0. The Bertz CT molecular complexity index is 1250. The van der Waals surface area contributed by atoms with Crippen molar-refractivity contribution < 1.29 is 17.9 Å². The number of para-hydroxylation sites is 1. The van der Waals surface area contributed by atoms with Gasteiger partial charge >= 0.3 is 0 Å². The molecular weight excluding hydrogens is 440 g/mol. The maximum atomic E-state index is 12.0. The number of hydrogen-bond acceptors (Lipinski definition) is 6. The van der Waals surface area contributed by atoms with E-state index in [0.717, 1.165) is 16.7 Å². The highest BCUT2D eigenvalue weighted by atomic mass is 32.2. The third kappa shape index (κ3) is 5.05. The summed E-state index contributed by atoms with van der Waals surface area (Å²) < 4.78 is 31.2. The van der Waals surface area contributed by atoms with E-state index < -0.39 is 15.9 Å². The average molecular weight is 465 g/mol. The Labute approximate surface area is 193 Å². The number of nitrogens with zero attached hydrogens (tertiary/aromatic N) is 3. The zero-order valence-electron chi connectivity index (χ0n) is 17.9. The van der Waals surface area contributed by atoms with E-state index in [1.54, 1.807) is 24.3 Å². The van der Waals surface area contributed by atoms with Crippen molar-refractivity contribution in [2.75, 3.05) is 31.1 Å². The van der Waals surface area contributed by atoms with Gasteiger partial charge in [0, 0.05) is 37.2 Å². The van der Waals surface area contributed by atoms with Crippen LogP contribution in [-0.2, 0) is 10.0 Å². The van der Waals surface area contributed by atoms with E-state index in [1.807, 2.05) is 47.4 Å². The first-order valence-electron chi connectivity index (χ1n) is 10.4. The number of benzene rings is 2. The molecule has 1 amide bonds. The van der Waals surface area contributed by atoms with Crippen LogP contribution in [0.2, 0.25) is 0 Å². The molecule has 2 N–H and O–H groups in total. The van der Waals surface area contributed by atoms with Crippen molar-refractivity contribution in [1.29, 1.82) is 0 Å². The smallest absolute Gasteiger partial charge is 0.250 e. The molecule has 0 atom stereocenters. The summed E-state index contributed by atoms with van der Waals surface area (Å²) in [6.45, 7) is 4.98. The van der Waals surface area contributed by atoms with Gasteiger partial charge in [0.2, 0.25) is 10.0 Å². The minimum Gasteiger partial charge on any atom is -0.457 e. The molecule has 170 valence electrons. The highest BCUT2D eigenvalue weighted by Gasteiger charge is 2.26. The van der Waals surface area contributed by atoms with Crippen molar-refractivity contribution in [3.8, 4) is 22.8 Å². The second-order valence-corrected chi connectivity index (χ2v) is 9.35. The van der Waals surface area contributed by atoms with E-state index in [4.69, 9.17) is 15.5 Å². The molecule has 3 aromatic rings. The second kappa shape index (κ2) is 9.43. The van der Waals surface area contributed by atoms with Gasteiger partial charge in [-0.05, 0) is 48.5 Å². The molecule has 1 aliphatic rings. The standard InChI is InChI=1S/C24H24N4O4S/c1-2-33(30,31)28-16-14-27(15-17-28)22-13-12-21(24(25)29)23(26-22)18-8-10-20(11-9-18)32-19-6-4-3-5-7-19/h2-13H,1,14-17H2,(H2,25,29). The lowest BCUT2D eigenvalue weighted by Gasteiger charge is -2.34. The molecule has 0 bridgehead atoms. The highest BCUT2D eigenvalue weighted by Crippen LogP contribution is 2.29. The topological polar surface area (TPSA) is 106 Å². The van der Waals surface area contributed by atoms with Crippen molar-refractivity contribution >= 4 is 21.7 Å². The number of anilines is 1. The third-order valence-corrected chi connectivity index (χ3v) is 6.89. The fourth-order valence-electron chi connectivity index (χ4n) is 3.63. The molecule has 1 saturated heterocycles. The molecule has 0 unspecified atom stereocenters. The largest absolute Gasteiger partial charge is 0.457 e. The zero-order chi connectivity index (χ0) is 23.4. The Morgan fingerprint density at radius 3 is 2.18 bits per heavy atom. The minimum absolute atomic E-state index is 0.309. The summed E-state index contributed by atoms with van der Waals surface area (Å²) in [6, 6.07) is 20.1. The normalized spacial score (nSPS) is 14.6. The van der Waals surface area contributed by atoms with Crippen molar-refractivity contribution in [2.24, 2.45) is 5.73 Å². The van der Waals surface area contributed by atoms with Crippen molar-refractivity contribution in [3.05, 3.63) is 84.3 Å². The number of piperazine rings is 1. The Balaban J connectivity index is 1.57. The van der Waals surface area contributed by atoms with Crippen LogP contribution in [0, 0.1) is 0 Å². The third-order valence-electron chi connectivity index (χ3n) is 5.39. The van der Waals surface area contributed by atoms with Gasteiger partial charge in [0.15, 0.2) is 0 Å². The quantitative estimate of drug-likeness (QED) is 0.575. The molecule has 0 aliphatic carbocycles. The lowest BCUT2D eigenvalue weighted by Crippen LogP contribution is -2.48. The molecule has 4 rings (SSSR count). The van der Waals surface area contributed by atoms with Gasteiger partial charge in [-0.2, -0.15) is 4.31 Å². The minimum atomic E-state index is -3.45. The number of primary amides is 1. The van der Waals surface area contributed by atoms with Gasteiger partial charge in [0.25, 0.3) is 5.91 Å². The number of rotatable bonds is 7. The van der Waals surface area contributed by atoms with Crippen LogP contribution in [0.3, 0.4) is 0 Å². The first-order valence-corrected chi connectivity index (χ1v) is 11.9. The molecule has 1 aromatic heterocycles. The monoisotopic (exact) mass is 464 g/mol. The zero-order valence-corrected chi connectivity index (χ0v) is 18.7. The molecule has 2 heterocycles. The maximum Gasteiger partial charge on any atom is 0.250 e. The maximum absolute atomic E-state index is 12.0. The summed E-state index contributed by atoms with van der Waals surface area (Å²) in [4.78, 5) is 18.7. The van der Waals surface area contributed by atoms with E-state index in [-0.39, 0.29) is 0 Å². The van der Waals surface area contributed by atoms with Gasteiger partial charge in [-0.1, -0.05) is 24.8 Å². The molecule has 0 radical (unpaired) electrons. The number of hydrogen-bond donors (Lipinski definition) is 1. The van der Waals surface area contributed by atoms with E-state index in [9.17, 15) is 13.2 Å². The fraction of sp³-hybridized carbons (Fsp3) is 0.167. The fourth-order valence-corrected chi connectivity index (χ4v) is 4.51. The first kappa shape index (κ1) is 22.5. The number of carbonyl (C=O) groups is 1. The molecule has 0 saturated carbocycles. The second-order valence-electron chi connectivity index (χ2n) is 7.47. The number of nitrogens with two attached hydrogens (primary N) is 1. The highest BCUT2D eigenvalue weighted by molar-refractivity contribution is 7.92. The summed E-state index contributed by atoms with van der Waals surface area (Å²) in [5, 5.41) is 0.964. The van der Waals surface area contributed by atoms with Gasteiger partial charge in [-0.25, -0.2) is 13.4 Å². The summed E-state index contributed by atoms with van der Waals surface area (Å²) in [7, 11) is -3.45. The Hall–Kier alpha value is -3.69. The molecule has 1 aliphatic heterocycles. The number of ether oxygens (including phenoxy) is 1. The van der Waals surface area contributed by atoms with Gasteiger partial charge in [-0.15, -0.1) is 0 Å². The SMILES string of the molecule is C=CS(=O)(=O)N1CCN(c2ccc(C(N)=O)c(-c3ccc(Oc4ccccc4)cc3)n2)CC1. The van der Waals surface area contributed by atoms with E-state index in [2.05, 4.69) is 6.58 Å². The van der Waals surface area contributed by atoms with Crippen LogP contribution >= 0.6 is 0 Å². The van der Waals surface area contributed by atoms with E-state index in [1.165, 1.54) is 4.31 Å². The van der Waals surface area contributed by atoms with Crippen LogP contribution in [0.25, 0.3) is 11.3 Å². The van der Waals surface area contributed by atoms with Gasteiger partial charge in [0.05, 0.1) is 11.3 Å². The van der Waals surface area contributed by atoms with Crippen LogP contribution in [-0.4, -0.2) is 49.8 Å². The lowest BCUT2D eigenvalue weighted by atomic mass is 10.0. The molecule has 1 fully saturated rings. The number of sulfonamides is 1. The Morgan fingerprint density at radius 1 is 0.939 bits per heavy atom. The predicted octanol–water partition coefficient (Wildman–Crippen LogP) is 3.24. The molecule has 9 heteroatoms. The summed E-state index contributed by atoms with van der Waals surface area (Å²) in [5.41, 5.74) is 7.09. The van der Waals surface area contributed by atoms with Crippen LogP contribution in [0.5, 0.6) is 11.5 Å². The predicted molar refractivity (Wildman–Crippen MR) is 128 cm³/mol. The average Bonchev–Trinajstić information content (AvgIpc) is 2.85. The molecule has 2 aromatic carbocycles. The van der Waals surface area contributed by atoms with Gasteiger partial charge in [-0.3, -0.25) is 4.79 Å². The first-order chi connectivity index (χ1) is 15.9. The van der Waals surface area contributed by atoms with Crippen molar-refractivity contribution in [2.45, 2.75) is 0 Å². The lowest BCUT2D eigenvalue weighted by molar-refractivity contribution is 0.100. The summed E-state index contributed by atoms with van der Waals surface area (Å²) in [5.74, 6) is 1.45. The van der Waals surface area contributed by atoms with Crippen LogP contribution < -0.4 is 15.4 Å². The molecular formula is C24H24N4O4S. The molecule has 0 spiro atoms. The van der Waals surface area contributed by atoms with Crippen LogP contribution in [0.1, 0.15) is 10.4 Å². The van der Waals surface area contributed by atoms with Crippen LogP contribution in [0.15, 0.2) is 78.7 Å². The number of aromatic nitrogens is 1. The number of carbonyl (C=O) groups excluding carboxylic acids is 1. The van der Waals surface area contributed by atoms with E-state index >= 15 is 0 Å². The van der Waals surface area contributed by atoms with Gasteiger partial charge < -0.3 is 15.4 Å². The van der Waals surface area contributed by atoms with Crippen molar-refractivity contribution in [3.63, 3.8) is 0 Å².